The van der Waals surface area contributed by atoms with Gasteiger partial charge in [-0.15, -0.1) is 0 Å². The Balaban J connectivity index is 1.20. The SMILES string of the molecule is CC(C)(C)c1ccc(Oc2ccc3cc(C(=O)N[C@H](C(=O)O)c4ccc(OCCC5CCCC5)cc4)nc(CC4CCCC4)c3c2)cc1. The number of rotatable bonds is 12. The predicted molar refractivity (Wildman–Crippen MR) is 189 cm³/mol. The van der Waals surface area contributed by atoms with Gasteiger partial charge in [-0.1, -0.05) is 102 Å². The average Bonchev–Trinajstić information content (AvgIpc) is 3.79. The Morgan fingerprint density at radius 2 is 1.46 bits per heavy atom. The minimum absolute atomic E-state index is 0.0597. The molecule has 1 aromatic heterocycles. The highest BCUT2D eigenvalue weighted by Crippen LogP contribution is 2.34. The van der Waals surface area contributed by atoms with E-state index in [1.165, 1.54) is 44.1 Å². The Bertz CT molecular complexity index is 1710. The number of ether oxygens (including phenoxy) is 2. The zero-order valence-electron chi connectivity index (χ0n) is 28.5. The third-order valence-electron chi connectivity index (χ3n) is 10.0. The van der Waals surface area contributed by atoms with Crippen molar-refractivity contribution >= 4 is 22.6 Å². The Labute approximate surface area is 284 Å². The maximum absolute atomic E-state index is 13.6. The number of aromatic nitrogens is 1. The number of carboxylic acid groups (broad SMARTS) is 1. The van der Waals surface area contributed by atoms with E-state index in [0.717, 1.165) is 53.8 Å². The number of carboxylic acids is 1. The van der Waals surface area contributed by atoms with Crippen molar-refractivity contribution in [3.8, 4) is 17.2 Å². The molecule has 2 aliphatic carbocycles. The topological polar surface area (TPSA) is 97.8 Å². The number of hydrogen-bond acceptors (Lipinski definition) is 5. The van der Waals surface area contributed by atoms with Gasteiger partial charge in [0.2, 0.25) is 0 Å². The molecule has 1 heterocycles. The smallest absolute Gasteiger partial charge is 0.330 e. The van der Waals surface area contributed by atoms with E-state index in [1.54, 1.807) is 30.3 Å². The molecule has 0 bridgehead atoms. The van der Waals surface area contributed by atoms with Gasteiger partial charge in [-0.05, 0) is 89.1 Å². The molecule has 0 radical (unpaired) electrons. The zero-order valence-corrected chi connectivity index (χ0v) is 28.5. The van der Waals surface area contributed by atoms with Crippen LogP contribution in [-0.4, -0.2) is 28.6 Å². The summed E-state index contributed by atoms with van der Waals surface area (Å²) >= 11 is 0. The summed E-state index contributed by atoms with van der Waals surface area (Å²) < 4.78 is 12.2. The second kappa shape index (κ2) is 14.8. The van der Waals surface area contributed by atoms with Crippen molar-refractivity contribution in [2.24, 2.45) is 11.8 Å². The molecule has 2 saturated carbocycles. The highest BCUT2D eigenvalue weighted by atomic mass is 16.5. The van der Waals surface area contributed by atoms with Crippen LogP contribution in [0.4, 0.5) is 0 Å². The quantitative estimate of drug-likeness (QED) is 0.159. The fourth-order valence-corrected chi connectivity index (χ4v) is 7.17. The molecular weight excluding hydrogens is 600 g/mol. The van der Waals surface area contributed by atoms with E-state index in [4.69, 9.17) is 14.5 Å². The van der Waals surface area contributed by atoms with Crippen LogP contribution in [0.2, 0.25) is 0 Å². The number of benzene rings is 3. The van der Waals surface area contributed by atoms with Crippen molar-refractivity contribution in [1.82, 2.24) is 10.3 Å². The zero-order chi connectivity index (χ0) is 33.7. The van der Waals surface area contributed by atoms with Gasteiger partial charge in [-0.2, -0.15) is 0 Å². The van der Waals surface area contributed by atoms with Gasteiger partial charge in [0.1, 0.15) is 22.9 Å². The molecular formula is C41H48N2O5. The molecule has 1 amide bonds. The van der Waals surface area contributed by atoms with Crippen LogP contribution in [0.1, 0.15) is 112 Å². The van der Waals surface area contributed by atoms with Crippen molar-refractivity contribution in [3.63, 3.8) is 0 Å². The average molecular weight is 649 g/mol. The highest BCUT2D eigenvalue weighted by Gasteiger charge is 2.25. The molecule has 252 valence electrons. The molecule has 7 nitrogen and oxygen atoms in total. The van der Waals surface area contributed by atoms with E-state index >= 15 is 0 Å². The fraction of sp³-hybridized carbons (Fsp3) is 0.439. The van der Waals surface area contributed by atoms with E-state index < -0.39 is 17.9 Å². The van der Waals surface area contributed by atoms with Gasteiger partial charge in [-0.3, -0.25) is 4.79 Å². The van der Waals surface area contributed by atoms with Gasteiger partial charge >= 0.3 is 5.97 Å². The molecule has 0 unspecified atom stereocenters. The van der Waals surface area contributed by atoms with Gasteiger partial charge in [-0.25, -0.2) is 9.78 Å². The molecule has 2 N–H and O–H groups in total. The summed E-state index contributed by atoms with van der Waals surface area (Å²) in [5.41, 5.74) is 2.82. The standard InChI is InChI=1S/C41H48N2O5/c1-41(2,3)31-15-20-33(21-16-31)48-34-19-14-30-25-37(42-36(35(30)26-34)24-28-10-6-7-11-28)39(44)43-38(40(45)46)29-12-17-32(18-13-29)47-23-22-27-8-4-5-9-27/h12-21,25-28,38H,4-11,22-24H2,1-3H3,(H,43,44)(H,45,46)/t38-/m0/s1. The lowest BCUT2D eigenvalue weighted by molar-refractivity contribution is -0.139. The molecule has 0 aliphatic heterocycles. The third-order valence-corrected chi connectivity index (χ3v) is 10.0. The minimum atomic E-state index is -1.22. The second-order valence-corrected chi connectivity index (χ2v) is 14.7. The lowest BCUT2D eigenvalue weighted by Crippen LogP contribution is -2.34. The largest absolute Gasteiger partial charge is 0.494 e. The van der Waals surface area contributed by atoms with E-state index in [1.807, 2.05) is 30.3 Å². The highest BCUT2D eigenvalue weighted by molar-refractivity contribution is 5.99. The first-order valence-corrected chi connectivity index (χ1v) is 17.6. The van der Waals surface area contributed by atoms with Crippen LogP contribution in [0.5, 0.6) is 17.2 Å². The minimum Gasteiger partial charge on any atom is -0.494 e. The number of carbonyl (C=O) groups is 2. The first-order chi connectivity index (χ1) is 23.1. The van der Waals surface area contributed by atoms with Crippen LogP contribution >= 0.6 is 0 Å². The first kappa shape index (κ1) is 33.5. The summed E-state index contributed by atoms with van der Waals surface area (Å²) in [6, 6.07) is 21.5. The van der Waals surface area contributed by atoms with Gasteiger partial charge in [0, 0.05) is 11.1 Å². The summed E-state index contributed by atoms with van der Waals surface area (Å²) in [5, 5.41) is 14.6. The summed E-state index contributed by atoms with van der Waals surface area (Å²) in [5.74, 6) is 1.74. The molecule has 1 atom stereocenters. The third kappa shape index (κ3) is 8.36. The molecule has 0 saturated heterocycles. The van der Waals surface area contributed by atoms with Crippen LogP contribution in [0.15, 0.2) is 72.8 Å². The lowest BCUT2D eigenvalue weighted by atomic mass is 9.87. The number of fused-ring (bicyclic) bond motifs is 1. The Hall–Kier alpha value is -4.39. The maximum atomic E-state index is 13.6. The number of amides is 1. The monoisotopic (exact) mass is 648 g/mol. The van der Waals surface area contributed by atoms with Crippen molar-refractivity contribution < 1.29 is 24.2 Å². The Kier molecular flexibility index (Phi) is 10.3. The summed E-state index contributed by atoms with van der Waals surface area (Å²) in [4.78, 5) is 30.8. The van der Waals surface area contributed by atoms with Gasteiger partial charge in [0.15, 0.2) is 6.04 Å². The van der Waals surface area contributed by atoms with Crippen LogP contribution in [0, 0.1) is 11.8 Å². The maximum Gasteiger partial charge on any atom is 0.330 e. The summed E-state index contributed by atoms with van der Waals surface area (Å²) in [6.07, 6.45) is 11.6. The van der Waals surface area contributed by atoms with Gasteiger partial charge < -0.3 is 19.9 Å². The number of nitrogens with one attached hydrogen (secondary N) is 1. The number of pyridine rings is 1. The predicted octanol–water partition coefficient (Wildman–Crippen LogP) is 9.57. The normalized spacial score (nSPS) is 16.2. The number of aliphatic carboxylic acids is 1. The lowest BCUT2D eigenvalue weighted by Gasteiger charge is -2.19. The van der Waals surface area contributed by atoms with E-state index in [2.05, 4.69) is 38.2 Å². The summed E-state index contributed by atoms with van der Waals surface area (Å²) in [6.45, 7) is 7.21. The van der Waals surface area contributed by atoms with E-state index in [9.17, 15) is 14.7 Å². The van der Waals surface area contributed by atoms with Crippen molar-refractivity contribution in [1.29, 1.82) is 0 Å². The molecule has 2 aliphatic rings. The molecule has 2 fully saturated rings. The number of hydrogen-bond donors (Lipinski definition) is 2. The van der Waals surface area contributed by atoms with Crippen molar-refractivity contribution in [3.05, 3.63) is 95.3 Å². The molecule has 4 aromatic rings. The second-order valence-electron chi connectivity index (χ2n) is 14.7. The van der Waals surface area contributed by atoms with Crippen molar-refractivity contribution in [2.75, 3.05) is 6.61 Å². The fourth-order valence-electron chi connectivity index (χ4n) is 7.17. The van der Waals surface area contributed by atoms with Gasteiger partial charge in [0.25, 0.3) is 5.91 Å². The molecule has 6 rings (SSSR count). The molecule has 3 aromatic carbocycles. The van der Waals surface area contributed by atoms with E-state index in [-0.39, 0.29) is 11.1 Å². The molecule has 0 spiro atoms. The van der Waals surface area contributed by atoms with E-state index in [0.29, 0.717) is 29.6 Å². The van der Waals surface area contributed by atoms with Crippen LogP contribution in [-0.2, 0) is 16.6 Å². The van der Waals surface area contributed by atoms with Crippen LogP contribution in [0.3, 0.4) is 0 Å². The van der Waals surface area contributed by atoms with Gasteiger partial charge in [0.05, 0.1) is 6.61 Å². The Morgan fingerprint density at radius 1 is 0.833 bits per heavy atom. The number of nitrogens with zero attached hydrogens (tertiary/aromatic N) is 1. The molecule has 48 heavy (non-hydrogen) atoms. The molecule has 7 heteroatoms. The first-order valence-electron chi connectivity index (χ1n) is 17.6. The Morgan fingerprint density at radius 3 is 2.10 bits per heavy atom. The van der Waals surface area contributed by atoms with Crippen molar-refractivity contribution in [2.45, 2.75) is 96.4 Å². The van der Waals surface area contributed by atoms with Crippen LogP contribution in [0.25, 0.3) is 10.8 Å². The number of carbonyl (C=O) groups excluding carboxylic acids is 1. The van der Waals surface area contributed by atoms with Crippen LogP contribution < -0.4 is 14.8 Å². The summed E-state index contributed by atoms with van der Waals surface area (Å²) in [7, 11) is 0.